The molecule has 2 nitrogen and oxygen atoms in total. The van der Waals surface area contributed by atoms with E-state index in [1.165, 1.54) is 0 Å². The van der Waals surface area contributed by atoms with Gasteiger partial charge in [-0.2, -0.15) is 0 Å². The second-order valence-corrected chi connectivity index (χ2v) is 5.03. The van der Waals surface area contributed by atoms with Crippen LogP contribution in [0.1, 0.15) is 32.3 Å². The molecule has 1 N–H and O–H groups in total. The van der Waals surface area contributed by atoms with E-state index in [1.54, 1.807) is 12.4 Å². The van der Waals surface area contributed by atoms with E-state index in [-0.39, 0.29) is 11.8 Å². The zero-order valence-electron chi connectivity index (χ0n) is 11.1. The van der Waals surface area contributed by atoms with Crippen LogP contribution in [-0.4, -0.2) is 10.1 Å². The minimum absolute atomic E-state index is 0.127. The Balaban J connectivity index is 2.40. The van der Waals surface area contributed by atoms with Gasteiger partial charge in [0.1, 0.15) is 5.60 Å². The normalized spacial score (nSPS) is 23.6. The Kier molecular flexibility index (Phi) is 3.97. The van der Waals surface area contributed by atoms with Crippen LogP contribution in [0.25, 0.3) is 0 Å². The van der Waals surface area contributed by atoms with E-state index in [9.17, 15) is 5.11 Å². The predicted octanol–water partition coefficient (Wildman–Crippen LogP) is 3.45. The smallest absolute Gasteiger partial charge is 0.100 e. The number of allylic oxidation sites excluding steroid dienone is 3. The lowest BCUT2D eigenvalue weighted by Gasteiger charge is -2.40. The minimum Gasteiger partial charge on any atom is -0.384 e. The molecule has 0 fully saturated rings. The van der Waals surface area contributed by atoms with Gasteiger partial charge in [0, 0.05) is 23.9 Å². The highest BCUT2D eigenvalue weighted by Gasteiger charge is 2.41. The van der Waals surface area contributed by atoms with E-state index in [0.717, 1.165) is 18.4 Å². The lowest BCUT2D eigenvalue weighted by atomic mass is 9.70. The maximum atomic E-state index is 11.3. The summed E-state index contributed by atoms with van der Waals surface area (Å²) in [6, 6.07) is 3.87. The van der Waals surface area contributed by atoms with Crippen LogP contribution in [0.15, 0.2) is 48.8 Å². The van der Waals surface area contributed by atoms with Crippen LogP contribution in [0, 0.1) is 11.8 Å². The molecule has 3 unspecified atom stereocenters. The molecule has 1 aromatic rings. The Morgan fingerprint density at radius 2 is 2.33 bits per heavy atom. The van der Waals surface area contributed by atoms with Gasteiger partial charge in [-0.25, -0.2) is 0 Å². The summed E-state index contributed by atoms with van der Waals surface area (Å²) >= 11 is 0. The van der Waals surface area contributed by atoms with Gasteiger partial charge < -0.3 is 5.11 Å². The summed E-state index contributed by atoms with van der Waals surface area (Å²) < 4.78 is 0. The Hall–Kier alpha value is -1.41. The van der Waals surface area contributed by atoms with Crippen molar-refractivity contribution in [1.29, 1.82) is 0 Å². The molecule has 0 spiro atoms. The lowest BCUT2D eigenvalue weighted by Crippen LogP contribution is -2.40. The summed E-state index contributed by atoms with van der Waals surface area (Å²) in [4.78, 5) is 4.16. The highest BCUT2D eigenvalue weighted by molar-refractivity contribution is 5.26. The van der Waals surface area contributed by atoms with Gasteiger partial charge in [0.25, 0.3) is 0 Å². The summed E-state index contributed by atoms with van der Waals surface area (Å²) in [5, 5.41) is 11.3. The molecule has 2 rings (SSSR count). The van der Waals surface area contributed by atoms with E-state index in [1.807, 2.05) is 24.3 Å². The number of aromatic nitrogens is 1. The zero-order valence-corrected chi connectivity index (χ0v) is 11.1. The molecule has 1 heterocycles. The third-order valence-corrected chi connectivity index (χ3v) is 4.03. The van der Waals surface area contributed by atoms with Crippen molar-refractivity contribution in [2.75, 3.05) is 0 Å². The second kappa shape index (κ2) is 5.49. The number of hydrogen-bond acceptors (Lipinski definition) is 2. The van der Waals surface area contributed by atoms with E-state index < -0.39 is 5.60 Å². The van der Waals surface area contributed by atoms with Crippen LogP contribution in [-0.2, 0) is 5.60 Å². The summed E-state index contributed by atoms with van der Waals surface area (Å²) in [7, 11) is 0. The third-order valence-electron chi connectivity index (χ3n) is 4.03. The predicted molar refractivity (Wildman–Crippen MR) is 74.0 cm³/mol. The van der Waals surface area contributed by atoms with Crippen LogP contribution in [0.5, 0.6) is 0 Å². The SMILES string of the molecule is CCC(C)C(O)(c1cccnc1)C1C=CC=CC1. The second-order valence-electron chi connectivity index (χ2n) is 5.03. The molecular weight excluding hydrogens is 222 g/mol. The summed E-state index contributed by atoms with van der Waals surface area (Å²) in [5.74, 6) is 0.324. The Labute approximate surface area is 109 Å². The minimum atomic E-state index is -0.829. The zero-order chi connectivity index (χ0) is 13.0. The van der Waals surface area contributed by atoms with Gasteiger partial charge in [0.2, 0.25) is 0 Å². The molecule has 96 valence electrons. The summed E-state index contributed by atoms with van der Waals surface area (Å²) in [6.45, 7) is 4.23. The van der Waals surface area contributed by atoms with E-state index in [0.29, 0.717) is 0 Å². The largest absolute Gasteiger partial charge is 0.384 e. The molecule has 0 aromatic carbocycles. The van der Waals surface area contributed by atoms with Crippen molar-refractivity contribution in [3.63, 3.8) is 0 Å². The number of aliphatic hydroxyl groups is 1. The maximum absolute atomic E-state index is 11.3. The average molecular weight is 243 g/mol. The Morgan fingerprint density at radius 3 is 2.89 bits per heavy atom. The van der Waals surface area contributed by atoms with Crippen molar-refractivity contribution in [2.24, 2.45) is 11.8 Å². The van der Waals surface area contributed by atoms with Crippen molar-refractivity contribution < 1.29 is 5.11 Å². The quantitative estimate of drug-likeness (QED) is 0.878. The molecule has 0 radical (unpaired) electrons. The highest BCUT2D eigenvalue weighted by atomic mass is 16.3. The molecular formula is C16H21NO. The molecule has 3 atom stereocenters. The molecule has 0 aliphatic heterocycles. The number of hydrogen-bond donors (Lipinski definition) is 1. The van der Waals surface area contributed by atoms with Crippen LogP contribution in [0.3, 0.4) is 0 Å². The van der Waals surface area contributed by atoms with Gasteiger partial charge in [-0.3, -0.25) is 4.98 Å². The van der Waals surface area contributed by atoms with Crippen molar-refractivity contribution in [3.8, 4) is 0 Å². The number of rotatable bonds is 4. The van der Waals surface area contributed by atoms with Crippen molar-refractivity contribution in [1.82, 2.24) is 4.98 Å². The highest BCUT2D eigenvalue weighted by Crippen LogP contribution is 2.41. The van der Waals surface area contributed by atoms with Gasteiger partial charge in [-0.15, -0.1) is 0 Å². The van der Waals surface area contributed by atoms with Crippen LogP contribution in [0.2, 0.25) is 0 Å². The fraction of sp³-hybridized carbons (Fsp3) is 0.438. The van der Waals surface area contributed by atoms with E-state index in [2.05, 4.69) is 31.0 Å². The maximum Gasteiger partial charge on any atom is 0.100 e. The monoisotopic (exact) mass is 243 g/mol. The molecule has 2 heteroatoms. The van der Waals surface area contributed by atoms with Crippen LogP contribution < -0.4 is 0 Å². The molecule has 1 aromatic heterocycles. The van der Waals surface area contributed by atoms with Crippen molar-refractivity contribution >= 4 is 0 Å². The molecule has 1 aliphatic rings. The van der Waals surface area contributed by atoms with Crippen LogP contribution in [0.4, 0.5) is 0 Å². The number of pyridine rings is 1. The first-order chi connectivity index (χ1) is 8.69. The van der Waals surface area contributed by atoms with Crippen molar-refractivity contribution in [3.05, 3.63) is 54.4 Å². The van der Waals surface area contributed by atoms with Gasteiger partial charge in [-0.1, -0.05) is 50.6 Å². The third kappa shape index (κ3) is 2.25. The molecule has 18 heavy (non-hydrogen) atoms. The van der Waals surface area contributed by atoms with Gasteiger partial charge in [0.05, 0.1) is 0 Å². The lowest BCUT2D eigenvalue weighted by molar-refractivity contribution is -0.0564. The fourth-order valence-corrected chi connectivity index (χ4v) is 2.68. The molecule has 0 amide bonds. The summed E-state index contributed by atoms with van der Waals surface area (Å²) in [6.07, 6.45) is 13.7. The van der Waals surface area contributed by atoms with Crippen LogP contribution >= 0.6 is 0 Å². The fourth-order valence-electron chi connectivity index (χ4n) is 2.68. The van der Waals surface area contributed by atoms with Gasteiger partial charge in [-0.05, 0) is 18.4 Å². The standard InChI is InChI=1S/C16H21NO/c1-3-13(2)16(18,14-8-5-4-6-9-14)15-10-7-11-17-12-15/h4-8,10-14,18H,3,9H2,1-2H3. The topological polar surface area (TPSA) is 33.1 Å². The average Bonchev–Trinajstić information content (AvgIpc) is 2.47. The Bertz CT molecular complexity index is 438. The van der Waals surface area contributed by atoms with Gasteiger partial charge in [0.15, 0.2) is 0 Å². The molecule has 0 saturated heterocycles. The summed E-state index contributed by atoms with van der Waals surface area (Å²) in [5.41, 5.74) is 0.0916. The van der Waals surface area contributed by atoms with Crippen molar-refractivity contribution in [2.45, 2.75) is 32.3 Å². The molecule has 0 bridgehead atoms. The first-order valence-electron chi connectivity index (χ1n) is 6.65. The number of nitrogens with zero attached hydrogens (tertiary/aromatic N) is 1. The Morgan fingerprint density at radius 1 is 1.50 bits per heavy atom. The van der Waals surface area contributed by atoms with E-state index in [4.69, 9.17) is 0 Å². The van der Waals surface area contributed by atoms with E-state index >= 15 is 0 Å². The molecule has 1 aliphatic carbocycles. The molecule has 0 saturated carbocycles. The first kappa shape index (κ1) is 13.0. The first-order valence-corrected chi connectivity index (χ1v) is 6.65. The van der Waals surface area contributed by atoms with Gasteiger partial charge >= 0.3 is 0 Å².